The van der Waals surface area contributed by atoms with E-state index >= 15 is 0 Å². The molecule has 0 saturated heterocycles. The fourth-order valence-corrected chi connectivity index (χ4v) is 5.60. The third kappa shape index (κ3) is 4.49. The van der Waals surface area contributed by atoms with Crippen molar-refractivity contribution in [1.82, 2.24) is 19.9 Å². The number of aromatic nitrogens is 3. The van der Waals surface area contributed by atoms with Crippen LogP contribution in [0.2, 0.25) is 0 Å². The largest absolute Gasteiger partial charge is 0.348 e. The summed E-state index contributed by atoms with van der Waals surface area (Å²) in [4.78, 5) is 28.1. The molecule has 148 valence electrons. The predicted octanol–water partition coefficient (Wildman–Crippen LogP) is 5.05. The average Bonchev–Trinajstić information content (AvgIpc) is 3.34. The lowest BCUT2D eigenvalue weighted by Crippen LogP contribution is -2.23. The highest BCUT2D eigenvalue weighted by Gasteiger charge is 2.15. The Hall–Kier alpha value is -2.29. The molecule has 29 heavy (non-hydrogen) atoms. The van der Waals surface area contributed by atoms with Crippen molar-refractivity contribution in [3.05, 3.63) is 57.6 Å². The summed E-state index contributed by atoms with van der Waals surface area (Å²) in [5, 5.41) is 7.10. The van der Waals surface area contributed by atoms with Crippen LogP contribution in [0.25, 0.3) is 21.3 Å². The second-order valence-electron chi connectivity index (χ2n) is 6.86. The molecular weight excluding hydrogens is 420 g/mol. The van der Waals surface area contributed by atoms with Crippen LogP contribution in [-0.4, -0.2) is 39.9 Å². The summed E-state index contributed by atoms with van der Waals surface area (Å²) in [5.74, 6) is 0.777. The number of carbonyl (C=O) groups excluding carboxylic acids is 1. The maximum absolute atomic E-state index is 11.9. The summed E-state index contributed by atoms with van der Waals surface area (Å²) in [6, 6.07) is 8.54. The van der Waals surface area contributed by atoms with Gasteiger partial charge >= 0.3 is 0 Å². The van der Waals surface area contributed by atoms with Gasteiger partial charge in [0.2, 0.25) is 5.91 Å². The van der Waals surface area contributed by atoms with E-state index in [4.69, 9.17) is 0 Å². The summed E-state index contributed by atoms with van der Waals surface area (Å²) in [6.07, 6.45) is 1.98. The highest BCUT2D eigenvalue weighted by molar-refractivity contribution is 7.98. The van der Waals surface area contributed by atoms with Gasteiger partial charge in [-0.15, -0.1) is 22.7 Å². The maximum Gasteiger partial charge on any atom is 0.228 e. The molecule has 3 heterocycles. The van der Waals surface area contributed by atoms with Gasteiger partial charge in [0, 0.05) is 36.2 Å². The maximum atomic E-state index is 11.9. The first-order valence-electron chi connectivity index (χ1n) is 9.06. The number of fused-ring (bicyclic) bond motifs is 1. The van der Waals surface area contributed by atoms with E-state index in [1.165, 1.54) is 28.0 Å². The molecule has 0 aliphatic carbocycles. The van der Waals surface area contributed by atoms with Gasteiger partial charge in [-0.05, 0) is 12.5 Å². The molecule has 0 N–H and O–H groups in total. The molecule has 0 atom stereocenters. The molecule has 0 aliphatic rings. The third-order valence-corrected chi connectivity index (χ3v) is 7.26. The van der Waals surface area contributed by atoms with Crippen molar-refractivity contribution in [2.24, 2.45) is 0 Å². The smallest absolute Gasteiger partial charge is 0.228 e. The SMILES string of the molecule is Cc1ccc(-c2csc3ncnc(SCc4csc(CC(=O)N(C)C)n4)c23)cc1. The molecule has 0 bridgehead atoms. The molecule has 1 aromatic carbocycles. The summed E-state index contributed by atoms with van der Waals surface area (Å²) in [6.45, 7) is 2.09. The number of carbonyl (C=O) groups is 1. The minimum absolute atomic E-state index is 0.0667. The average molecular weight is 441 g/mol. The Labute approximate surface area is 181 Å². The number of amides is 1. The van der Waals surface area contributed by atoms with E-state index in [2.05, 4.69) is 51.5 Å². The first-order chi connectivity index (χ1) is 14.0. The van der Waals surface area contributed by atoms with Crippen LogP contribution in [0.3, 0.4) is 0 Å². The van der Waals surface area contributed by atoms with Crippen molar-refractivity contribution in [3.63, 3.8) is 0 Å². The lowest BCUT2D eigenvalue weighted by atomic mass is 10.1. The van der Waals surface area contributed by atoms with Crippen LogP contribution in [0.1, 0.15) is 16.3 Å². The zero-order chi connectivity index (χ0) is 20.4. The molecule has 0 fully saturated rings. The van der Waals surface area contributed by atoms with E-state index < -0.39 is 0 Å². The summed E-state index contributed by atoms with van der Waals surface area (Å²) in [5.41, 5.74) is 4.56. The molecule has 3 aromatic heterocycles. The molecule has 0 spiro atoms. The normalized spacial score (nSPS) is 11.1. The van der Waals surface area contributed by atoms with Crippen molar-refractivity contribution in [3.8, 4) is 11.1 Å². The Morgan fingerprint density at radius 2 is 1.90 bits per heavy atom. The molecule has 0 saturated carbocycles. The zero-order valence-corrected chi connectivity index (χ0v) is 18.8. The molecule has 1 amide bonds. The number of hydrogen-bond acceptors (Lipinski definition) is 7. The van der Waals surface area contributed by atoms with Crippen LogP contribution < -0.4 is 0 Å². The Morgan fingerprint density at radius 1 is 1.10 bits per heavy atom. The van der Waals surface area contributed by atoms with E-state index in [1.807, 2.05) is 5.38 Å². The fourth-order valence-electron chi connectivity index (χ4n) is 2.83. The predicted molar refractivity (Wildman–Crippen MR) is 122 cm³/mol. The third-order valence-electron chi connectivity index (χ3n) is 4.46. The number of rotatable bonds is 6. The van der Waals surface area contributed by atoms with Gasteiger partial charge in [-0.1, -0.05) is 41.6 Å². The molecule has 4 aromatic rings. The summed E-state index contributed by atoms with van der Waals surface area (Å²) >= 11 is 4.84. The Morgan fingerprint density at radius 3 is 2.66 bits per heavy atom. The first-order valence-corrected chi connectivity index (χ1v) is 11.8. The molecular formula is C21H20N4OS3. The van der Waals surface area contributed by atoms with Crippen LogP contribution in [0, 0.1) is 6.92 Å². The van der Waals surface area contributed by atoms with Crippen LogP contribution >= 0.6 is 34.4 Å². The van der Waals surface area contributed by atoms with E-state index in [-0.39, 0.29) is 5.91 Å². The topological polar surface area (TPSA) is 59.0 Å². The van der Waals surface area contributed by atoms with Gasteiger partial charge in [-0.2, -0.15) is 0 Å². The van der Waals surface area contributed by atoms with E-state index in [9.17, 15) is 4.79 Å². The zero-order valence-electron chi connectivity index (χ0n) is 16.4. The summed E-state index contributed by atoms with van der Waals surface area (Å²) in [7, 11) is 3.53. The quantitative estimate of drug-likeness (QED) is 0.310. The van der Waals surface area contributed by atoms with Crippen molar-refractivity contribution < 1.29 is 4.79 Å². The van der Waals surface area contributed by atoms with Crippen LogP contribution in [-0.2, 0) is 17.0 Å². The summed E-state index contributed by atoms with van der Waals surface area (Å²) < 4.78 is 0. The number of benzene rings is 1. The second-order valence-corrected chi connectivity index (χ2v) is 9.63. The number of nitrogens with zero attached hydrogens (tertiary/aromatic N) is 4. The molecule has 8 heteroatoms. The van der Waals surface area contributed by atoms with Gasteiger partial charge in [0.05, 0.1) is 17.5 Å². The van der Waals surface area contributed by atoms with Crippen LogP contribution in [0.15, 0.2) is 46.4 Å². The molecule has 0 radical (unpaired) electrons. The van der Waals surface area contributed by atoms with Crippen molar-refractivity contribution in [2.45, 2.75) is 24.1 Å². The monoisotopic (exact) mass is 440 g/mol. The van der Waals surface area contributed by atoms with E-state index in [0.717, 1.165) is 25.9 Å². The number of thiophene rings is 1. The number of thioether (sulfide) groups is 1. The molecule has 4 rings (SSSR count). The van der Waals surface area contributed by atoms with Crippen LogP contribution in [0.5, 0.6) is 0 Å². The number of thiazole rings is 1. The van der Waals surface area contributed by atoms with Gasteiger partial charge in [0.25, 0.3) is 0 Å². The van der Waals surface area contributed by atoms with Gasteiger partial charge in [0.1, 0.15) is 21.2 Å². The van der Waals surface area contributed by atoms with Crippen molar-refractivity contribution in [1.29, 1.82) is 0 Å². The van der Waals surface area contributed by atoms with Crippen molar-refractivity contribution in [2.75, 3.05) is 14.1 Å². The van der Waals surface area contributed by atoms with Crippen LogP contribution in [0.4, 0.5) is 0 Å². The highest BCUT2D eigenvalue weighted by atomic mass is 32.2. The lowest BCUT2D eigenvalue weighted by molar-refractivity contribution is -0.127. The molecule has 0 unspecified atom stereocenters. The van der Waals surface area contributed by atoms with Crippen molar-refractivity contribution >= 4 is 50.6 Å². The Bertz CT molecular complexity index is 1150. The molecule has 5 nitrogen and oxygen atoms in total. The van der Waals surface area contributed by atoms with Gasteiger partial charge in [0.15, 0.2) is 0 Å². The first kappa shape index (κ1) is 20.0. The molecule has 0 aliphatic heterocycles. The van der Waals surface area contributed by atoms with Gasteiger partial charge < -0.3 is 4.90 Å². The minimum atomic E-state index is 0.0667. The number of hydrogen-bond donors (Lipinski definition) is 0. The van der Waals surface area contributed by atoms with Gasteiger partial charge in [-0.3, -0.25) is 4.79 Å². The van der Waals surface area contributed by atoms with Gasteiger partial charge in [-0.25, -0.2) is 15.0 Å². The van der Waals surface area contributed by atoms with E-state index in [0.29, 0.717) is 12.2 Å². The lowest BCUT2D eigenvalue weighted by Gasteiger charge is -2.07. The Balaban J connectivity index is 1.56. The van der Waals surface area contributed by atoms with E-state index in [1.54, 1.807) is 48.4 Å². The minimum Gasteiger partial charge on any atom is -0.348 e. The fraction of sp³-hybridized carbons (Fsp3) is 0.238. The Kier molecular flexibility index (Phi) is 5.94. The standard InChI is InChI=1S/C21H20N4OS3/c1-13-4-6-14(7-5-13)16-11-29-21-19(16)20(22-12-23-21)28-10-15-9-27-17(24-15)8-18(26)25(2)3/h4-7,9,11-12H,8,10H2,1-3H3. The number of likely N-dealkylation sites (N-methyl/N-ethyl adjacent to an activating group) is 1. The second kappa shape index (κ2) is 8.61. The number of aryl methyl sites for hydroxylation is 1. The highest BCUT2D eigenvalue weighted by Crippen LogP contribution is 2.38.